The van der Waals surface area contributed by atoms with Crippen LogP contribution in [0.3, 0.4) is 0 Å². The maximum absolute atomic E-state index is 11.4. The summed E-state index contributed by atoms with van der Waals surface area (Å²) in [5.41, 5.74) is 1.99. The third-order valence-corrected chi connectivity index (χ3v) is 3.06. The lowest BCUT2D eigenvalue weighted by molar-refractivity contribution is -0.145. The van der Waals surface area contributed by atoms with Gasteiger partial charge in [-0.3, -0.25) is 4.79 Å². The smallest absolute Gasteiger partial charge is 0.310 e. The van der Waals surface area contributed by atoms with Crippen molar-refractivity contribution in [2.24, 2.45) is 5.92 Å². The number of aromatic nitrogens is 2. The Bertz CT molecular complexity index is 600. The summed E-state index contributed by atoms with van der Waals surface area (Å²) in [6.07, 6.45) is 0. The molecule has 1 N–H and O–H groups in total. The zero-order chi connectivity index (χ0) is 12.4. The van der Waals surface area contributed by atoms with Crippen LogP contribution >= 0.6 is 12.2 Å². The summed E-state index contributed by atoms with van der Waals surface area (Å²) in [5.74, 6) is -0.442. The minimum Gasteiger partial charge on any atom is -0.469 e. The fraction of sp³-hybridized carbons (Fsp3) is 0.333. The number of hydrogen-bond donors (Lipinski definition) is 1. The van der Waals surface area contributed by atoms with Gasteiger partial charge in [0.1, 0.15) is 0 Å². The Balaban J connectivity index is 2.39. The first-order valence-electron chi connectivity index (χ1n) is 5.39. The predicted octanol–water partition coefficient (Wildman–Crippen LogP) is 2.51. The first kappa shape index (κ1) is 11.9. The van der Waals surface area contributed by atoms with Gasteiger partial charge in [-0.1, -0.05) is 19.1 Å². The van der Waals surface area contributed by atoms with E-state index in [1.54, 1.807) is 0 Å². The number of para-hydroxylation sites is 2. The Hall–Kier alpha value is -1.62. The van der Waals surface area contributed by atoms with Crippen LogP contribution in [0.15, 0.2) is 24.3 Å². The van der Waals surface area contributed by atoms with E-state index in [1.807, 2.05) is 35.8 Å². The molecule has 0 radical (unpaired) electrons. The number of methoxy groups -OCH3 is 1. The first-order chi connectivity index (χ1) is 8.13. The summed E-state index contributed by atoms with van der Waals surface area (Å²) in [4.78, 5) is 14.5. The van der Waals surface area contributed by atoms with Crippen molar-refractivity contribution >= 4 is 29.2 Å². The molecule has 0 aliphatic carbocycles. The fourth-order valence-corrected chi connectivity index (χ4v) is 2.12. The number of aromatic amines is 1. The number of hydrogen-bond acceptors (Lipinski definition) is 3. The van der Waals surface area contributed by atoms with Crippen molar-refractivity contribution in [1.29, 1.82) is 0 Å². The number of rotatable bonds is 3. The Morgan fingerprint density at radius 3 is 2.94 bits per heavy atom. The summed E-state index contributed by atoms with van der Waals surface area (Å²) in [5, 5.41) is 0. The van der Waals surface area contributed by atoms with Crippen LogP contribution in [0, 0.1) is 10.7 Å². The molecule has 0 aliphatic heterocycles. The molecule has 0 bridgehead atoms. The molecule has 5 heteroatoms. The molecule has 1 unspecified atom stereocenters. The zero-order valence-corrected chi connectivity index (χ0v) is 10.6. The van der Waals surface area contributed by atoms with E-state index >= 15 is 0 Å². The normalized spacial score (nSPS) is 12.6. The number of nitrogens with zero attached hydrogens (tertiary/aromatic N) is 1. The van der Waals surface area contributed by atoms with Crippen molar-refractivity contribution in [1.82, 2.24) is 9.55 Å². The molecule has 1 heterocycles. The summed E-state index contributed by atoms with van der Waals surface area (Å²) >= 11 is 5.25. The van der Waals surface area contributed by atoms with Crippen molar-refractivity contribution in [2.45, 2.75) is 13.5 Å². The van der Waals surface area contributed by atoms with Crippen molar-refractivity contribution in [3.63, 3.8) is 0 Å². The van der Waals surface area contributed by atoms with E-state index in [4.69, 9.17) is 17.0 Å². The number of H-pyrrole nitrogens is 1. The predicted molar refractivity (Wildman–Crippen MR) is 68.3 cm³/mol. The highest BCUT2D eigenvalue weighted by atomic mass is 32.1. The number of esters is 1. The van der Waals surface area contributed by atoms with Gasteiger partial charge < -0.3 is 14.3 Å². The quantitative estimate of drug-likeness (QED) is 0.672. The number of carbonyl (C=O) groups is 1. The van der Waals surface area contributed by atoms with Gasteiger partial charge in [0, 0.05) is 6.54 Å². The summed E-state index contributed by atoms with van der Waals surface area (Å²) in [6, 6.07) is 7.84. The van der Waals surface area contributed by atoms with Gasteiger partial charge in [0.2, 0.25) is 0 Å². The molecular formula is C12H14N2O2S. The summed E-state index contributed by atoms with van der Waals surface area (Å²) in [6.45, 7) is 2.35. The van der Waals surface area contributed by atoms with E-state index in [2.05, 4.69) is 4.98 Å². The third kappa shape index (κ3) is 2.24. The van der Waals surface area contributed by atoms with Gasteiger partial charge >= 0.3 is 5.97 Å². The molecule has 0 saturated heterocycles. The van der Waals surface area contributed by atoms with Gasteiger partial charge in [0.25, 0.3) is 0 Å². The number of fused-ring (bicyclic) bond motifs is 1. The third-order valence-electron chi connectivity index (χ3n) is 2.74. The number of ether oxygens (including phenoxy) is 1. The molecule has 1 aromatic carbocycles. The highest BCUT2D eigenvalue weighted by Gasteiger charge is 2.15. The summed E-state index contributed by atoms with van der Waals surface area (Å²) in [7, 11) is 1.40. The molecule has 17 heavy (non-hydrogen) atoms. The molecule has 0 saturated carbocycles. The zero-order valence-electron chi connectivity index (χ0n) is 9.77. The van der Waals surface area contributed by atoms with Crippen LogP contribution in [0.1, 0.15) is 6.92 Å². The molecular weight excluding hydrogens is 236 g/mol. The fourth-order valence-electron chi connectivity index (χ4n) is 1.84. The molecule has 1 aromatic heterocycles. The van der Waals surface area contributed by atoms with Gasteiger partial charge in [-0.25, -0.2) is 0 Å². The molecule has 0 fully saturated rings. The average molecular weight is 250 g/mol. The van der Waals surface area contributed by atoms with E-state index in [1.165, 1.54) is 7.11 Å². The molecule has 0 spiro atoms. The SMILES string of the molecule is COC(=O)C(C)Cn1c(=S)[nH]c2ccccc21. The molecule has 1 atom stereocenters. The molecule has 0 aliphatic rings. The Morgan fingerprint density at radius 1 is 1.53 bits per heavy atom. The van der Waals surface area contributed by atoms with E-state index in [0.717, 1.165) is 11.0 Å². The summed E-state index contributed by atoms with van der Waals surface area (Å²) < 4.78 is 7.27. The molecule has 0 amide bonds. The van der Waals surface area contributed by atoms with Gasteiger partial charge in [0.05, 0.1) is 24.1 Å². The molecule has 90 valence electrons. The second kappa shape index (κ2) is 4.71. The van der Waals surface area contributed by atoms with Crippen LogP contribution in [-0.2, 0) is 16.1 Å². The minimum absolute atomic E-state index is 0.217. The standard InChI is InChI=1S/C12H14N2O2S/c1-8(11(15)16-2)7-14-10-6-4-3-5-9(10)13-12(14)17/h3-6,8H,7H2,1-2H3,(H,13,17). The molecule has 2 rings (SSSR count). The molecule has 4 nitrogen and oxygen atoms in total. The van der Waals surface area contributed by atoms with Crippen LogP contribution in [0.5, 0.6) is 0 Å². The monoisotopic (exact) mass is 250 g/mol. The van der Waals surface area contributed by atoms with Gasteiger partial charge in [-0.05, 0) is 24.4 Å². The van der Waals surface area contributed by atoms with Crippen LogP contribution in [0.2, 0.25) is 0 Å². The highest BCUT2D eigenvalue weighted by Crippen LogP contribution is 2.15. The number of imidazole rings is 1. The lowest BCUT2D eigenvalue weighted by Gasteiger charge is -2.10. The lowest BCUT2D eigenvalue weighted by Crippen LogP contribution is -2.18. The number of nitrogens with one attached hydrogen (secondary N) is 1. The Labute approximate surface area is 104 Å². The van der Waals surface area contributed by atoms with Gasteiger partial charge in [0.15, 0.2) is 4.77 Å². The highest BCUT2D eigenvalue weighted by molar-refractivity contribution is 7.71. The van der Waals surface area contributed by atoms with Crippen molar-refractivity contribution in [3.05, 3.63) is 29.0 Å². The van der Waals surface area contributed by atoms with E-state index < -0.39 is 0 Å². The second-order valence-corrected chi connectivity index (χ2v) is 4.37. The van der Waals surface area contributed by atoms with Crippen LogP contribution < -0.4 is 0 Å². The van der Waals surface area contributed by atoms with Gasteiger partial charge in [-0.2, -0.15) is 0 Å². The van der Waals surface area contributed by atoms with E-state index in [9.17, 15) is 4.79 Å². The lowest BCUT2D eigenvalue weighted by atomic mass is 10.2. The average Bonchev–Trinajstić information content (AvgIpc) is 2.65. The van der Waals surface area contributed by atoms with Crippen molar-refractivity contribution < 1.29 is 9.53 Å². The second-order valence-electron chi connectivity index (χ2n) is 3.98. The molecule has 2 aromatic rings. The van der Waals surface area contributed by atoms with E-state index in [0.29, 0.717) is 11.3 Å². The van der Waals surface area contributed by atoms with Crippen LogP contribution in [-0.4, -0.2) is 22.6 Å². The maximum atomic E-state index is 11.4. The van der Waals surface area contributed by atoms with Crippen LogP contribution in [0.4, 0.5) is 0 Å². The Kier molecular flexibility index (Phi) is 3.28. The van der Waals surface area contributed by atoms with Crippen LogP contribution in [0.25, 0.3) is 11.0 Å². The number of carbonyl (C=O) groups excluding carboxylic acids is 1. The topological polar surface area (TPSA) is 47.0 Å². The number of benzene rings is 1. The largest absolute Gasteiger partial charge is 0.469 e. The minimum atomic E-state index is -0.225. The van der Waals surface area contributed by atoms with E-state index in [-0.39, 0.29) is 11.9 Å². The first-order valence-corrected chi connectivity index (χ1v) is 5.79. The Morgan fingerprint density at radius 2 is 2.24 bits per heavy atom. The van der Waals surface area contributed by atoms with Crippen molar-refractivity contribution in [3.8, 4) is 0 Å². The van der Waals surface area contributed by atoms with Gasteiger partial charge in [-0.15, -0.1) is 0 Å². The van der Waals surface area contributed by atoms with Crippen molar-refractivity contribution in [2.75, 3.05) is 7.11 Å². The maximum Gasteiger partial charge on any atom is 0.310 e.